The van der Waals surface area contributed by atoms with Crippen molar-refractivity contribution in [1.29, 1.82) is 0 Å². The zero-order valence-corrected chi connectivity index (χ0v) is 16.6. The maximum absolute atomic E-state index is 12.3. The predicted octanol–water partition coefficient (Wildman–Crippen LogP) is 2.76. The lowest BCUT2D eigenvalue weighted by Crippen LogP contribution is -2.30. The van der Waals surface area contributed by atoms with Crippen molar-refractivity contribution in [2.24, 2.45) is 0 Å². The molecule has 0 amide bonds. The summed E-state index contributed by atoms with van der Waals surface area (Å²) in [6, 6.07) is 14.5. The molecule has 7 heteroatoms. The number of carbonyl (C=O) groups is 2. The van der Waals surface area contributed by atoms with Crippen molar-refractivity contribution >= 4 is 27.5 Å². The van der Waals surface area contributed by atoms with Crippen LogP contribution >= 0.6 is 0 Å². The van der Waals surface area contributed by atoms with Gasteiger partial charge in [-0.05, 0) is 49.1 Å². The van der Waals surface area contributed by atoms with E-state index in [-0.39, 0.29) is 24.6 Å². The normalized spacial score (nSPS) is 13.2. The average molecular weight is 401 g/mol. The first-order valence-electron chi connectivity index (χ1n) is 9.27. The Balaban J connectivity index is 1.56. The fourth-order valence-corrected chi connectivity index (χ4v) is 4.34. The molecule has 0 fully saturated rings. The van der Waals surface area contributed by atoms with Gasteiger partial charge in [-0.1, -0.05) is 30.3 Å². The van der Waals surface area contributed by atoms with Crippen LogP contribution in [0.25, 0.3) is 0 Å². The zero-order chi connectivity index (χ0) is 20.1. The van der Waals surface area contributed by atoms with Crippen molar-refractivity contribution in [2.75, 3.05) is 23.2 Å². The van der Waals surface area contributed by atoms with Gasteiger partial charge in [0.05, 0.1) is 11.4 Å². The van der Waals surface area contributed by atoms with E-state index in [1.54, 1.807) is 25.1 Å². The number of hydrogen-bond donors (Lipinski definition) is 0. The third kappa shape index (κ3) is 4.59. The molecule has 6 nitrogen and oxygen atoms in total. The van der Waals surface area contributed by atoms with Gasteiger partial charge in [-0.25, -0.2) is 8.42 Å². The summed E-state index contributed by atoms with van der Waals surface area (Å²) >= 11 is 0. The Bertz CT molecular complexity index is 970. The Morgan fingerprint density at radius 1 is 1.11 bits per heavy atom. The molecule has 0 atom stereocenters. The summed E-state index contributed by atoms with van der Waals surface area (Å²) in [5.74, 6) is -0.683. The van der Waals surface area contributed by atoms with E-state index in [4.69, 9.17) is 4.74 Å². The molecule has 1 heterocycles. The topological polar surface area (TPSA) is 80.8 Å². The van der Waals surface area contributed by atoms with E-state index in [0.29, 0.717) is 30.6 Å². The standard InChI is InChI=1S/C21H23NO5S/c1-2-28(25,26)22-13-12-17-14-18(9-10-19(17)22)20(23)15-27-21(24)11-8-16-6-4-3-5-7-16/h3-7,9-10,14H,2,8,11-13,15H2,1H3. The molecule has 0 saturated carbocycles. The largest absolute Gasteiger partial charge is 0.457 e. The average Bonchev–Trinajstić information content (AvgIpc) is 3.15. The van der Waals surface area contributed by atoms with E-state index in [1.807, 2.05) is 30.3 Å². The molecule has 0 N–H and O–H groups in total. The smallest absolute Gasteiger partial charge is 0.306 e. The molecule has 1 aliphatic rings. The van der Waals surface area contributed by atoms with Crippen molar-refractivity contribution in [2.45, 2.75) is 26.2 Å². The van der Waals surface area contributed by atoms with Gasteiger partial charge in [0.15, 0.2) is 12.4 Å². The Morgan fingerprint density at radius 3 is 2.57 bits per heavy atom. The van der Waals surface area contributed by atoms with Crippen LogP contribution in [0, 0.1) is 0 Å². The summed E-state index contributed by atoms with van der Waals surface area (Å²) in [5, 5.41) is 0. The van der Waals surface area contributed by atoms with Gasteiger partial charge in [-0.2, -0.15) is 0 Å². The zero-order valence-electron chi connectivity index (χ0n) is 15.8. The first kappa shape index (κ1) is 20.1. The molecule has 0 saturated heterocycles. The molecule has 3 rings (SSSR count). The molecule has 0 aliphatic carbocycles. The van der Waals surface area contributed by atoms with Crippen molar-refractivity contribution < 1.29 is 22.7 Å². The number of benzene rings is 2. The molecule has 28 heavy (non-hydrogen) atoms. The van der Waals surface area contributed by atoms with Crippen LogP contribution in [0.4, 0.5) is 5.69 Å². The van der Waals surface area contributed by atoms with E-state index < -0.39 is 16.0 Å². The molecule has 0 spiro atoms. The Kier molecular flexibility index (Phi) is 6.14. The Labute approximate surface area is 165 Å². The predicted molar refractivity (Wildman–Crippen MR) is 107 cm³/mol. The van der Waals surface area contributed by atoms with Gasteiger partial charge in [0.2, 0.25) is 10.0 Å². The van der Waals surface area contributed by atoms with E-state index in [1.165, 1.54) is 4.31 Å². The van der Waals surface area contributed by atoms with Crippen molar-refractivity contribution in [1.82, 2.24) is 0 Å². The molecule has 1 aliphatic heterocycles. The molecular weight excluding hydrogens is 378 g/mol. The van der Waals surface area contributed by atoms with Crippen LogP contribution in [0.15, 0.2) is 48.5 Å². The van der Waals surface area contributed by atoms with E-state index in [9.17, 15) is 18.0 Å². The van der Waals surface area contributed by atoms with Crippen molar-refractivity contribution in [3.63, 3.8) is 0 Å². The number of hydrogen-bond acceptors (Lipinski definition) is 5. The van der Waals surface area contributed by atoms with Gasteiger partial charge in [0.25, 0.3) is 0 Å². The number of rotatable bonds is 8. The summed E-state index contributed by atoms with van der Waals surface area (Å²) in [4.78, 5) is 24.2. The first-order chi connectivity index (χ1) is 13.4. The van der Waals surface area contributed by atoms with Crippen LogP contribution in [0.5, 0.6) is 0 Å². The summed E-state index contributed by atoms with van der Waals surface area (Å²) in [6.45, 7) is 1.68. The molecule has 0 bridgehead atoms. The van der Waals surface area contributed by atoms with Crippen LogP contribution in [0.2, 0.25) is 0 Å². The quantitative estimate of drug-likeness (QED) is 0.502. The number of ether oxygens (including phenoxy) is 1. The number of Topliss-reactive ketones (excluding diaryl/α,β-unsaturated/α-hetero) is 1. The number of esters is 1. The highest BCUT2D eigenvalue weighted by molar-refractivity contribution is 7.92. The van der Waals surface area contributed by atoms with E-state index in [0.717, 1.165) is 11.1 Å². The highest BCUT2D eigenvalue weighted by Gasteiger charge is 2.28. The second-order valence-corrected chi connectivity index (χ2v) is 8.82. The number of anilines is 1. The van der Waals surface area contributed by atoms with Crippen LogP contribution in [0.1, 0.15) is 34.8 Å². The fourth-order valence-electron chi connectivity index (χ4n) is 3.18. The molecule has 0 unspecified atom stereocenters. The number of fused-ring (bicyclic) bond motifs is 1. The third-order valence-electron chi connectivity index (χ3n) is 4.78. The van der Waals surface area contributed by atoms with E-state index >= 15 is 0 Å². The van der Waals surface area contributed by atoms with Crippen molar-refractivity contribution in [3.05, 3.63) is 65.2 Å². The summed E-state index contributed by atoms with van der Waals surface area (Å²) in [5.41, 5.74) is 2.90. The second-order valence-electron chi connectivity index (χ2n) is 6.64. The van der Waals surface area contributed by atoms with Gasteiger partial charge in [-0.15, -0.1) is 0 Å². The lowest BCUT2D eigenvalue weighted by Gasteiger charge is -2.18. The van der Waals surface area contributed by atoms with Gasteiger partial charge >= 0.3 is 5.97 Å². The van der Waals surface area contributed by atoms with Crippen LogP contribution in [0.3, 0.4) is 0 Å². The lowest BCUT2D eigenvalue weighted by molar-refractivity contribution is -0.142. The maximum atomic E-state index is 12.3. The van der Waals surface area contributed by atoms with Crippen molar-refractivity contribution in [3.8, 4) is 0 Å². The molecular formula is C21H23NO5S. The van der Waals surface area contributed by atoms with Crippen LogP contribution < -0.4 is 4.31 Å². The monoisotopic (exact) mass is 401 g/mol. The third-order valence-corrected chi connectivity index (χ3v) is 6.56. The van der Waals surface area contributed by atoms with Gasteiger partial charge in [0, 0.05) is 18.5 Å². The second kappa shape index (κ2) is 8.56. The molecule has 2 aromatic rings. The number of nitrogens with zero attached hydrogens (tertiary/aromatic N) is 1. The number of ketones is 1. The molecule has 148 valence electrons. The molecule has 0 radical (unpaired) electrons. The summed E-state index contributed by atoms with van der Waals surface area (Å²) in [7, 11) is -3.32. The summed E-state index contributed by atoms with van der Waals surface area (Å²) in [6.07, 6.45) is 1.34. The fraction of sp³-hybridized carbons (Fsp3) is 0.333. The number of sulfonamides is 1. The Morgan fingerprint density at radius 2 is 1.86 bits per heavy atom. The minimum atomic E-state index is -3.32. The minimum absolute atomic E-state index is 0.0338. The van der Waals surface area contributed by atoms with E-state index in [2.05, 4.69) is 0 Å². The van der Waals surface area contributed by atoms with Crippen LogP contribution in [-0.4, -0.2) is 39.1 Å². The van der Waals surface area contributed by atoms with Gasteiger partial charge < -0.3 is 4.74 Å². The maximum Gasteiger partial charge on any atom is 0.306 e. The lowest BCUT2D eigenvalue weighted by atomic mass is 10.1. The minimum Gasteiger partial charge on any atom is -0.457 e. The molecule has 2 aromatic carbocycles. The SMILES string of the molecule is CCS(=O)(=O)N1CCc2cc(C(=O)COC(=O)CCc3ccccc3)ccc21. The number of aryl methyl sites for hydroxylation is 1. The summed E-state index contributed by atoms with van der Waals surface area (Å²) < 4.78 is 30.7. The molecule has 0 aromatic heterocycles. The highest BCUT2D eigenvalue weighted by atomic mass is 32.2. The van der Waals surface area contributed by atoms with Gasteiger partial charge in [-0.3, -0.25) is 13.9 Å². The first-order valence-corrected chi connectivity index (χ1v) is 10.9. The highest BCUT2D eigenvalue weighted by Crippen LogP contribution is 2.31. The van der Waals surface area contributed by atoms with Gasteiger partial charge in [0.1, 0.15) is 0 Å². The van der Waals surface area contributed by atoms with Crippen LogP contribution in [-0.2, 0) is 32.4 Å². The Hall–Kier alpha value is -2.67. The number of carbonyl (C=O) groups excluding carboxylic acids is 2.